The Bertz CT molecular complexity index is 358. The number of nitrogens with one attached hydrogen (secondary N) is 1. The SMILES string of the molecule is O=C(CCCc1cccs1)NCC1(CO)CC1. The summed E-state index contributed by atoms with van der Waals surface area (Å²) in [5, 5.41) is 14.1. The number of thiophene rings is 1. The first-order chi connectivity index (χ1) is 8.24. The highest BCUT2D eigenvalue weighted by Crippen LogP contribution is 2.44. The van der Waals surface area contributed by atoms with Crippen LogP contribution in [0.15, 0.2) is 17.5 Å². The lowest BCUT2D eigenvalue weighted by molar-refractivity contribution is -0.121. The van der Waals surface area contributed by atoms with Gasteiger partial charge in [0.05, 0.1) is 6.61 Å². The Kier molecular flexibility index (Phi) is 4.18. The molecule has 0 aliphatic heterocycles. The zero-order valence-electron chi connectivity index (χ0n) is 9.95. The van der Waals surface area contributed by atoms with Crippen LogP contribution in [0.4, 0.5) is 0 Å². The Morgan fingerprint density at radius 3 is 2.94 bits per heavy atom. The third-order valence-corrected chi connectivity index (χ3v) is 4.30. The second-order valence-corrected chi connectivity index (χ2v) is 5.90. The largest absolute Gasteiger partial charge is 0.396 e. The molecule has 1 fully saturated rings. The van der Waals surface area contributed by atoms with E-state index in [2.05, 4.69) is 16.8 Å². The van der Waals surface area contributed by atoms with Crippen molar-refractivity contribution in [3.05, 3.63) is 22.4 Å². The summed E-state index contributed by atoms with van der Waals surface area (Å²) in [6, 6.07) is 4.14. The van der Waals surface area contributed by atoms with Crippen molar-refractivity contribution in [1.29, 1.82) is 0 Å². The van der Waals surface area contributed by atoms with Crippen molar-refractivity contribution in [2.24, 2.45) is 5.41 Å². The molecule has 1 amide bonds. The van der Waals surface area contributed by atoms with Crippen molar-refractivity contribution in [1.82, 2.24) is 5.32 Å². The van der Waals surface area contributed by atoms with Crippen molar-refractivity contribution in [3.8, 4) is 0 Å². The number of aliphatic hydroxyl groups excluding tert-OH is 1. The second kappa shape index (κ2) is 5.65. The fourth-order valence-electron chi connectivity index (χ4n) is 1.82. The molecule has 0 atom stereocenters. The smallest absolute Gasteiger partial charge is 0.220 e. The molecular formula is C13H19NO2S. The molecule has 1 aromatic rings. The van der Waals surface area contributed by atoms with Gasteiger partial charge in [-0.25, -0.2) is 0 Å². The van der Waals surface area contributed by atoms with Gasteiger partial charge in [0.15, 0.2) is 0 Å². The van der Waals surface area contributed by atoms with Crippen LogP contribution in [0.5, 0.6) is 0 Å². The average molecular weight is 253 g/mol. The van der Waals surface area contributed by atoms with Crippen LogP contribution in [0.3, 0.4) is 0 Å². The van der Waals surface area contributed by atoms with E-state index in [1.807, 2.05) is 6.07 Å². The molecule has 2 rings (SSSR count). The van der Waals surface area contributed by atoms with Crippen LogP contribution in [0.1, 0.15) is 30.6 Å². The summed E-state index contributed by atoms with van der Waals surface area (Å²) in [4.78, 5) is 12.9. The lowest BCUT2D eigenvalue weighted by Gasteiger charge is -2.12. The van der Waals surface area contributed by atoms with Crippen LogP contribution in [0, 0.1) is 5.41 Å². The monoisotopic (exact) mass is 253 g/mol. The standard InChI is InChI=1S/C13H19NO2S/c15-10-13(6-7-13)9-14-12(16)5-1-3-11-4-2-8-17-11/h2,4,8,15H,1,3,5-7,9-10H2,(H,14,16). The van der Waals surface area contributed by atoms with Crippen molar-refractivity contribution < 1.29 is 9.90 Å². The third-order valence-electron chi connectivity index (χ3n) is 3.36. The molecule has 0 unspecified atom stereocenters. The highest BCUT2D eigenvalue weighted by molar-refractivity contribution is 7.09. The molecule has 17 heavy (non-hydrogen) atoms. The number of amides is 1. The first kappa shape index (κ1) is 12.6. The molecule has 0 bridgehead atoms. The van der Waals surface area contributed by atoms with E-state index in [-0.39, 0.29) is 17.9 Å². The zero-order chi connectivity index (χ0) is 12.1. The lowest BCUT2D eigenvalue weighted by Crippen LogP contribution is -2.31. The molecule has 0 aromatic carbocycles. The van der Waals surface area contributed by atoms with Gasteiger partial charge < -0.3 is 10.4 Å². The maximum absolute atomic E-state index is 11.6. The Labute approximate surface area is 106 Å². The zero-order valence-corrected chi connectivity index (χ0v) is 10.8. The van der Waals surface area contributed by atoms with E-state index >= 15 is 0 Å². The molecule has 3 nitrogen and oxygen atoms in total. The van der Waals surface area contributed by atoms with Crippen LogP contribution < -0.4 is 5.32 Å². The van der Waals surface area contributed by atoms with Crippen molar-refractivity contribution in [2.75, 3.05) is 13.2 Å². The molecule has 0 spiro atoms. The molecule has 1 aliphatic carbocycles. The number of carbonyl (C=O) groups excluding carboxylic acids is 1. The minimum atomic E-state index is 0.0173. The van der Waals surface area contributed by atoms with E-state index < -0.39 is 0 Å². The number of carbonyl (C=O) groups is 1. The number of rotatable bonds is 7. The van der Waals surface area contributed by atoms with Crippen molar-refractivity contribution in [2.45, 2.75) is 32.1 Å². The van der Waals surface area contributed by atoms with E-state index in [1.54, 1.807) is 11.3 Å². The highest BCUT2D eigenvalue weighted by Gasteiger charge is 2.41. The van der Waals surface area contributed by atoms with Gasteiger partial charge in [-0.3, -0.25) is 4.79 Å². The van der Waals surface area contributed by atoms with Crippen molar-refractivity contribution >= 4 is 17.2 Å². The summed E-state index contributed by atoms with van der Waals surface area (Å²) < 4.78 is 0. The molecule has 0 radical (unpaired) electrons. The molecular weight excluding hydrogens is 234 g/mol. The van der Waals surface area contributed by atoms with Gasteiger partial charge in [0.1, 0.15) is 0 Å². The second-order valence-electron chi connectivity index (χ2n) is 4.87. The van der Waals surface area contributed by atoms with Crippen LogP contribution in [-0.2, 0) is 11.2 Å². The van der Waals surface area contributed by atoms with Crippen molar-refractivity contribution in [3.63, 3.8) is 0 Å². The maximum Gasteiger partial charge on any atom is 0.220 e. The van der Waals surface area contributed by atoms with Gasteiger partial charge in [-0.05, 0) is 37.1 Å². The summed E-state index contributed by atoms with van der Waals surface area (Å²) in [6.45, 7) is 0.837. The van der Waals surface area contributed by atoms with Gasteiger partial charge in [-0.1, -0.05) is 6.07 Å². The predicted molar refractivity (Wildman–Crippen MR) is 69.0 cm³/mol. The fourth-order valence-corrected chi connectivity index (χ4v) is 2.57. The highest BCUT2D eigenvalue weighted by atomic mass is 32.1. The van der Waals surface area contributed by atoms with Gasteiger partial charge >= 0.3 is 0 Å². The van der Waals surface area contributed by atoms with E-state index in [4.69, 9.17) is 5.11 Å². The van der Waals surface area contributed by atoms with Crippen LogP contribution in [0.2, 0.25) is 0 Å². The van der Waals surface area contributed by atoms with Gasteiger partial charge in [0.2, 0.25) is 5.91 Å². The summed E-state index contributed by atoms with van der Waals surface area (Å²) in [6.07, 6.45) is 4.55. The topological polar surface area (TPSA) is 49.3 Å². The number of hydrogen-bond donors (Lipinski definition) is 2. The van der Waals surface area contributed by atoms with Crippen LogP contribution >= 0.6 is 11.3 Å². The molecule has 4 heteroatoms. The summed E-state index contributed by atoms with van der Waals surface area (Å²) in [7, 11) is 0. The Morgan fingerprint density at radius 1 is 1.53 bits per heavy atom. The molecule has 1 saturated carbocycles. The number of aliphatic hydroxyl groups is 1. The Balaban J connectivity index is 1.58. The minimum absolute atomic E-state index is 0.0173. The normalized spacial score (nSPS) is 16.8. The number of hydrogen-bond acceptors (Lipinski definition) is 3. The van der Waals surface area contributed by atoms with Crippen LogP contribution in [-0.4, -0.2) is 24.2 Å². The molecule has 94 valence electrons. The van der Waals surface area contributed by atoms with E-state index in [0.717, 1.165) is 25.7 Å². The van der Waals surface area contributed by atoms with Gasteiger partial charge in [0.25, 0.3) is 0 Å². The van der Waals surface area contributed by atoms with E-state index in [1.165, 1.54) is 4.88 Å². The molecule has 1 heterocycles. The number of aryl methyl sites for hydroxylation is 1. The maximum atomic E-state index is 11.6. The Hall–Kier alpha value is -0.870. The lowest BCUT2D eigenvalue weighted by atomic mass is 10.1. The quantitative estimate of drug-likeness (QED) is 0.780. The Morgan fingerprint density at radius 2 is 2.35 bits per heavy atom. The first-order valence-electron chi connectivity index (χ1n) is 6.14. The van der Waals surface area contributed by atoms with Gasteiger partial charge in [-0.15, -0.1) is 11.3 Å². The third kappa shape index (κ3) is 3.82. The minimum Gasteiger partial charge on any atom is -0.396 e. The van der Waals surface area contributed by atoms with Crippen LogP contribution in [0.25, 0.3) is 0 Å². The van der Waals surface area contributed by atoms with E-state index in [9.17, 15) is 4.79 Å². The molecule has 1 aliphatic rings. The molecule has 2 N–H and O–H groups in total. The van der Waals surface area contributed by atoms with Gasteiger partial charge in [0, 0.05) is 23.3 Å². The summed E-state index contributed by atoms with van der Waals surface area (Å²) in [5.74, 6) is 0.112. The first-order valence-corrected chi connectivity index (χ1v) is 7.02. The van der Waals surface area contributed by atoms with Gasteiger partial charge in [-0.2, -0.15) is 0 Å². The summed E-state index contributed by atoms with van der Waals surface area (Å²) >= 11 is 1.74. The fraction of sp³-hybridized carbons (Fsp3) is 0.615. The molecule has 0 saturated heterocycles. The summed E-state index contributed by atoms with van der Waals surface area (Å²) in [5.41, 5.74) is 0.0173. The van der Waals surface area contributed by atoms with E-state index in [0.29, 0.717) is 13.0 Å². The molecule has 1 aromatic heterocycles. The predicted octanol–water partition coefficient (Wildman–Crippen LogP) is 1.96. The average Bonchev–Trinajstić information content (AvgIpc) is 2.95.